The number of anilines is 1. The first-order valence-electron chi connectivity index (χ1n) is 5.92. The minimum Gasteiger partial charge on any atom is -0.388 e. The van der Waals surface area contributed by atoms with E-state index in [9.17, 15) is 5.11 Å². The van der Waals surface area contributed by atoms with Crippen LogP contribution < -0.4 is 4.90 Å². The van der Waals surface area contributed by atoms with Gasteiger partial charge in [-0.15, -0.1) is 0 Å². The summed E-state index contributed by atoms with van der Waals surface area (Å²) >= 11 is 2.01. The van der Waals surface area contributed by atoms with Gasteiger partial charge in [-0.1, -0.05) is 25.1 Å². The van der Waals surface area contributed by atoms with Gasteiger partial charge in [0, 0.05) is 35.8 Å². The zero-order valence-corrected chi connectivity index (χ0v) is 10.5. The summed E-state index contributed by atoms with van der Waals surface area (Å²) < 4.78 is 0. The lowest BCUT2D eigenvalue weighted by Gasteiger charge is -2.31. The fourth-order valence-electron chi connectivity index (χ4n) is 2.08. The second kappa shape index (κ2) is 5.60. The molecule has 16 heavy (non-hydrogen) atoms. The molecule has 0 unspecified atom stereocenters. The Labute approximate surface area is 102 Å². The van der Waals surface area contributed by atoms with Gasteiger partial charge in [-0.2, -0.15) is 11.8 Å². The van der Waals surface area contributed by atoms with Crippen LogP contribution >= 0.6 is 11.8 Å². The summed E-state index contributed by atoms with van der Waals surface area (Å²) in [5.74, 6) is 2.38. The Kier molecular flexibility index (Phi) is 4.13. The Bertz CT molecular complexity index is 336. The van der Waals surface area contributed by atoms with Crippen molar-refractivity contribution in [3.05, 3.63) is 29.8 Å². The number of benzene rings is 1. The number of thioether (sulfide) groups is 1. The van der Waals surface area contributed by atoms with E-state index in [1.807, 2.05) is 30.8 Å². The molecule has 0 aromatic heterocycles. The number of rotatable bonds is 3. The molecule has 1 N–H and O–H groups in total. The molecule has 0 aliphatic carbocycles. The van der Waals surface area contributed by atoms with Crippen LogP contribution in [0.3, 0.4) is 0 Å². The third-order valence-electron chi connectivity index (χ3n) is 3.03. The van der Waals surface area contributed by atoms with Gasteiger partial charge in [-0.3, -0.25) is 0 Å². The molecule has 2 rings (SSSR count). The smallest absolute Gasteiger partial charge is 0.0807 e. The van der Waals surface area contributed by atoms with E-state index in [1.165, 1.54) is 17.2 Å². The van der Waals surface area contributed by atoms with Gasteiger partial charge in [0.15, 0.2) is 0 Å². The molecule has 1 atom stereocenters. The van der Waals surface area contributed by atoms with Crippen LogP contribution in [0.15, 0.2) is 24.3 Å². The van der Waals surface area contributed by atoms with E-state index in [-0.39, 0.29) is 6.10 Å². The van der Waals surface area contributed by atoms with Gasteiger partial charge in [-0.25, -0.2) is 0 Å². The van der Waals surface area contributed by atoms with Crippen LogP contribution in [0.2, 0.25) is 0 Å². The summed E-state index contributed by atoms with van der Waals surface area (Å²) in [6.07, 6.45) is 0.449. The number of aliphatic hydroxyl groups is 1. The molecule has 1 saturated heterocycles. The highest BCUT2D eigenvalue weighted by Crippen LogP contribution is 2.29. The number of nitrogens with zero attached hydrogens (tertiary/aromatic N) is 1. The van der Waals surface area contributed by atoms with Gasteiger partial charge in [0.05, 0.1) is 6.10 Å². The molecule has 1 aromatic rings. The molecule has 1 fully saturated rings. The van der Waals surface area contributed by atoms with Crippen LogP contribution in [0.5, 0.6) is 0 Å². The van der Waals surface area contributed by atoms with Crippen LogP contribution in [0.1, 0.15) is 25.0 Å². The molecule has 0 radical (unpaired) electrons. The Morgan fingerprint density at radius 1 is 1.31 bits per heavy atom. The van der Waals surface area contributed by atoms with Crippen molar-refractivity contribution in [2.45, 2.75) is 19.4 Å². The molecule has 3 heteroatoms. The van der Waals surface area contributed by atoms with Crippen LogP contribution in [0.4, 0.5) is 5.69 Å². The van der Waals surface area contributed by atoms with Gasteiger partial charge in [-0.05, 0) is 12.5 Å². The maximum atomic E-state index is 10.0. The van der Waals surface area contributed by atoms with Crippen molar-refractivity contribution in [3.63, 3.8) is 0 Å². The first-order chi connectivity index (χ1) is 7.83. The maximum absolute atomic E-state index is 10.0. The third-order valence-corrected chi connectivity index (χ3v) is 3.98. The Morgan fingerprint density at radius 3 is 2.69 bits per heavy atom. The Hall–Kier alpha value is -0.670. The average molecular weight is 237 g/mol. The summed E-state index contributed by atoms with van der Waals surface area (Å²) in [6, 6.07) is 8.24. The predicted octanol–water partition coefficient (Wildman–Crippen LogP) is 2.68. The topological polar surface area (TPSA) is 23.5 Å². The summed E-state index contributed by atoms with van der Waals surface area (Å²) in [5, 5.41) is 10.0. The van der Waals surface area contributed by atoms with Crippen molar-refractivity contribution < 1.29 is 5.11 Å². The van der Waals surface area contributed by atoms with E-state index in [4.69, 9.17) is 0 Å². The van der Waals surface area contributed by atoms with Crippen molar-refractivity contribution >= 4 is 17.4 Å². The van der Waals surface area contributed by atoms with E-state index in [1.54, 1.807) is 0 Å². The lowest BCUT2D eigenvalue weighted by Crippen LogP contribution is -2.33. The lowest BCUT2D eigenvalue weighted by molar-refractivity contribution is 0.174. The first-order valence-corrected chi connectivity index (χ1v) is 7.08. The van der Waals surface area contributed by atoms with Gasteiger partial charge < -0.3 is 10.0 Å². The minimum atomic E-state index is -0.328. The molecule has 1 aliphatic rings. The quantitative estimate of drug-likeness (QED) is 0.874. The van der Waals surface area contributed by atoms with E-state index >= 15 is 0 Å². The molecule has 0 saturated carbocycles. The number of aliphatic hydroxyl groups excluding tert-OH is 1. The second-order valence-electron chi connectivity index (χ2n) is 4.08. The molecule has 2 nitrogen and oxygen atoms in total. The summed E-state index contributed by atoms with van der Waals surface area (Å²) in [6.45, 7) is 4.21. The minimum absolute atomic E-state index is 0.328. The Morgan fingerprint density at radius 2 is 2.00 bits per heavy atom. The summed E-state index contributed by atoms with van der Waals surface area (Å²) in [7, 11) is 0. The predicted molar refractivity (Wildman–Crippen MR) is 71.2 cm³/mol. The molecular weight excluding hydrogens is 218 g/mol. The van der Waals surface area contributed by atoms with Crippen molar-refractivity contribution in [1.82, 2.24) is 0 Å². The fourth-order valence-corrected chi connectivity index (χ4v) is 2.98. The van der Waals surface area contributed by atoms with Gasteiger partial charge >= 0.3 is 0 Å². The zero-order chi connectivity index (χ0) is 11.4. The molecule has 0 amide bonds. The van der Waals surface area contributed by atoms with E-state index < -0.39 is 0 Å². The van der Waals surface area contributed by atoms with Gasteiger partial charge in [0.2, 0.25) is 0 Å². The van der Waals surface area contributed by atoms with E-state index in [2.05, 4.69) is 17.0 Å². The van der Waals surface area contributed by atoms with E-state index in [0.717, 1.165) is 25.1 Å². The average Bonchev–Trinajstić information content (AvgIpc) is 2.39. The molecule has 1 aliphatic heterocycles. The van der Waals surface area contributed by atoms with E-state index in [0.29, 0.717) is 0 Å². The maximum Gasteiger partial charge on any atom is 0.0807 e. The van der Waals surface area contributed by atoms with Crippen LogP contribution in [0, 0.1) is 0 Å². The Balaban J connectivity index is 2.24. The number of hydrogen-bond acceptors (Lipinski definition) is 3. The van der Waals surface area contributed by atoms with Gasteiger partial charge in [0.1, 0.15) is 0 Å². The summed E-state index contributed by atoms with van der Waals surface area (Å²) in [5.41, 5.74) is 2.30. The third kappa shape index (κ3) is 2.53. The second-order valence-corrected chi connectivity index (χ2v) is 5.31. The fraction of sp³-hybridized carbons (Fsp3) is 0.538. The van der Waals surface area contributed by atoms with Crippen molar-refractivity contribution in [3.8, 4) is 0 Å². The van der Waals surface area contributed by atoms with Crippen molar-refractivity contribution in [2.24, 2.45) is 0 Å². The summed E-state index contributed by atoms with van der Waals surface area (Å²) in [4.78, 5) is 2.39. The highest BCUT2D eigenvalue weighted by atomic mass is 32.2. The molecule has 0 spiro atoms. The van der Waals surface area contributed by atoms with Crippen LogP contribution in [0.25, 0.3) is 0 Å². The van der Waals surface area contributed by atoms with Crippen molar-refractivity contribution in [1.29, 1.82) is 0 Å². The molecular formula is C13H19NOS. The first kappa shape index (κ1) is 11.8. The lowest BCUT2D eigenvalue weighted by atomic mass is 10.0. The van der Waals surface area contributed by atoms with Crippen LogP contribution in [-0.2, 0) is 0 Å². The standard InChI is InChI=1S/C13H19NOS/c1-2-13(15)11-5-3-4-6-12(11)14-7-9-16-10-8-14/h3-6,13,15H,2,7-10H2,1H3/t13-/m1/s1. The zero-order valence-electron chi connectivity index (χ0n) is 9.72. The largest absolute Gasteiger partial charge is 0.388 e. The molecule has 1 heterocycles. The molecule has 0 bridgehead atoms. The van der Waals surface area contributed by atoms with Crippen molar-refractivity contribution in [2.75, 3.05) is 29.5 Å². The monoisotopic (exact) mass is 237 g/mol. The highest BCUT2D eigenvalue weighted by molar-refractivity contribution is 7.99. The molecule has 88 valence electrons. The highest BCUT2D eigenvalue weighted by Gasteiger charge is 2.17. The van der Waals surface area contributed by atoms with Crippen LogP contribution in [-0.4, -0.2) is 29.7 Å². The SMILES string of the molecule is CC[C@@H](O)c1ccccc1N1CCSCC1. The normalized spacial score (nSPS) is 18.5. The number of para-hydroxylation sites is 1. The number of hydrogen-bond donors (Lipinski definition) is 1. The van der Waals surface area contributed by atoms with Gasteiger partial charge in [0.25, 0.3) is 0 Å². The molecule has 1 aromatic carbocycles.